The molecular weight excluding hydrogens is 244 g/mol. The fraction of sp³-hybridized carbons (Fsp3) is 0.846. The molecule has 0 radical (unpaired) electrons. The maximum atomic E-state index is 9.49. The lowest BCUT2D eigenvalue weighted by atomic mass is 10.1. The Bertz CT molecular complexity index is 380. The molecule has 1 aromatic rings. The van der Waals surface area contributed by atoms with Gasteiger partial charge in [0, 0.05) is 12.6 Å². The fourth-order valence-electron chi connectivity index (χ4n) is 2.34. The molecule has 2 N–H and O–H groups in total. The first-order valence-corrected chi connectivity index (χ1v) is 7.14. The average molecular weight is 268 g/mol. The lowest BCUT2D eigenvalue weighted by Gasteiger charge is -2.26. The highest BCUT2D eigenvalue weighted by Gasteiger charge is 2.24. The highest BCUT2D eigenvalue weighted by Crippen LogP contribution is 2.22. The van der Waals surface area contributed by atoms with Gasteiger partial charge in [-0.25, -0.2) is 0 Å². The Morgan fingerprint density at radius 1 is 1.37 bits per heavy atom. The van der Waals surface area contributed by atoms with Crippen molar-refractivity contribution in [3.8, 4) is 0 Å². The van der Waals surface area contributed by atoms with Gasteiger partial charge in [-0.15, -0.1) is 5.10 Å². The van der Waals surface area contributed by atoms with E-state index in [0.29, 0.717) is 24.5 Å². The molecule has 0 spiro atoms. The maximum absolute atomic E-state index is 9.49. The summed E-state index contributed by atoms with van der Waals surface area (Å²) in [7, 11) is 0. The van der Waals surface area contributed by atoms with Gasteiger partial charge in [0.05, 0.1) is 19.2 Å². The van der Waals surface area contributed by atoms with Crippen LogP contribution in [0.15, 0.2) is 4.42 Å². The summed E-state index contributed by atoms with van der Waals surface area (Å²) in [4.78, 5) is 2.05. The second-order valence-electron chi connectivity index (χ2n) is 5.39. The number of aliphatic hydroxyl groups excluding tert-OH is 1. The van der Waals surface area contributed by atoms with Gasteiger partial charge in [-0.2, -0.15) is 0 Å². The summed E-state index contributed by atoms with van der Waals surface area (Å²) in [6.45, 7) is 5.76. The van der Waals surface area contributed by atoms with E-state index in [9.17, 15) is 5.11 Å². The largest absolute Gasteiger partial charge is 0.407 e. The third kappa shape index (κ3) is 3.91. The zero-order chi connectivity index (χ0) is 13.7. The topological polar surface area (TPSA) is 74.4 Å². The fourth-order valence-corrected chi connectivity index (χ4v) is 2.34. The number of aliphatic hydroxyl groups is 1. The summed E-state index contributed by atoms with van der Waals surface area (Å²) in [6.07, 6.45) is 4.44. The van der Waals surface area contributed by atoms with Gasteiger partial charge in [-0.3, -0.25) is 0 Å². The van der Waals surface area contributed by atoms with Crippen LogP contribution in [-0.2, 0) is 6.54 Å². The first-order chi connectivity index (χ1) is 9.20. The van der Waals surface area contributed by atoms with E-state index >= 15 is 0 Å². The van der Waals surface area contributed by atoms with Crippen LogP contribution in [0, 0.1) is 0 Å². The SMILES string of the molecule is CC(C)NCc1nnc(N2CCCCCC2CO)o1. The van der Waals surface area contributed by atoms with Crippen LogP contribution in [-0.4, -0.2) is 40.5 Å². The van der Waals surface area contributed by atoms with Gasteiger partial charge in [-0.05, 0) is 12.8 Å². The van der Waals surface area contributed by atoms with E-state index in [4.69, 9.17) is 4.42 Å². The van der Waals surface area contributed by atoms with Gasteiger partial charge in [0.2, 0.25) is 5.89 Å². The van der Waals surface area contributed by atoms with Crippen molar-refractivity contribution in [3.05, 3.63) is 5.89 Å². The molecule has 2 rings (SSSR count). The number of anilines is 1. The van der Waals surface area contributed by atoms with Crippen molar-refractivity contribution in [1.82, 2.24) is 15.5 Å². The van der Waals surface area contributed by atoms with E-state index in [2.05, 4.69) is 34.3 Å². The Morgan fingerprint density at radius 3 is 2.95 bits per heavy atom. The molecule has 0 aliphatic carbocycles. The Labute approximate surface area is 114 Å². The summed E-state index contributed by atoms with van der Waals surface area (Å²) in [5, 5.41) is 20.9. The van der Waals surface area contributed by atoms with Gasteiger partial charge in [-0.1, -0.05) is 31.8 Å². The normalized spacial score (nSPS) is 20.8. The monoisotopic (exact) mass is 268 g/mol. The van der Waals surface area contributed by atoms with Gasteiger partial charge >= 0.3 is 6.01 Å². The number of aromatic nitrogens is 2. The van der Waals surface area contributed by atoms with Crippen LogP contribution in [0.25, 0.3) is 0 Å². The van der Waals surface area contributed by atoms with Gasteiger partial charge in [0.25, 0.3) is 0 Å². The second kappa shape index (κ2) is 6.86. The van der Waals surface area contributed by atoms with E-state index < -0.39 is 0 Å². The molecule has 1 saturated heterocycles. The summed E-state index contributed by atoms with van der Waals surface area (Å²) < 4.78 is 5.69. The first kappa shape index (κ1) is 14.3. The molecule has 1 unspecified atom stereocenters. The molecule has 6 heteroatoms. The number of rotatable bonds is 5. The zero-order valence-electron chi connectivity index (χ0n) is 11.8. The standard InChI is InChI=1S/C13H24N4O2/c1-10(2)14-8-12-15-16-13(19-12)17-7-5-3-4-6-11(17)9-18/h10-11,14,18H,3-9H2,1-2H3. The predicted molar refractivity (Wildman–Crippen MR) is 73.0 cm³/mol. The molecule has 6 nitrogen and oxygen atoms in total. The highest BCUT2D eigenvalue weighted by molar-refractivity contribution is 5.27. The maximum Gasteiger partial charge on any atom is 0.318 e. The predicted octanol–water partition coefficient (Wildman–Crippen LogP) is 1.31. The van der Waals surface area contributed by atoms with E-state index in [1.165, 1.54) is 6.42 Å². The number of nitrogens with zero attached hydrogens (tertiary/aromatic N) is 3. The average Bonchev–Trinajstić information content (AvgIpc) is 2.73. The molecule has 0 amide bonds. The van der Waals surface area contributed by atoms with Crippen LogP contribution in [0.5, 0.6) is 0 Å². The molecule has 1 aromatic heterocycles. The smallest absolute Gasteiger partial charge is 0.318 e. The van der Waals surface area contributed by atoms with Crippen molar-refractivity contribution in [2.24, 2.45) is 0 Å². The van der Waals surface area contributed by atoms with Crippen LogP contribution in [0.3, 0.4) is 0 Å². The Morgan fingerprint density at radius 2 is 2.21 bits per heavy atom. The minimum atomic E-state index is 0.105. The summed E-state index contributed by atoms with van der Waals surface area (Å²) in [5.74, 6) is 0.602. The van der Waals surface area contributed by atoms with Crippen molar-refractivity contribution in [3.63, 3.8) is 0 Å². The van der Waals surface area contributed by atoms with Crippen molar-refractivity contribution < 1.29 is 9.52 Å². The molecule has 0 bridgehead atoms. The van der Waals surface area contributed by atoms with Crippen LogP contribution in [0.4, 0.5) is 6.01 Å². The molecule has 108 valence electrons. The van der Waals surface area contributed by atoms with E-state index in [0.717, 1.165) is 25.8 Å². The Balaban J connectivity index is 2.02. The number of nitrogens with one attached hydrogen (secondary N) is 1. The minimum Gasteiger partial charge on any atom is -0.407 e. The van der Waals surface area contributed by atoms with E-state index in [-0.39, 0.29) is 12.6 Å². The number of hydrogen-bond acceptors (Lipinski definition) is 6. The van der Waals surface area contributed by atoms with Crippen molar-refractivity contribution in [2.75, 3.05) is 18.1 Å². The van der Waals surface area contributed by atoms with Crippen LogP contribution in [0.2, 0.25) is 0 Å². The van der Waals surface area contributed by atoms with Crippen molar-refractivity contribution in [2.45, 2.75) is 58.2 Å². The Hall–Kier alpha value is -1.14. The molecule has 1 atom stereocenters. The molecule has 19 heavy (non-hydrogen) atoms. The number of hydrogen-bond donors (Lipinski definition) is 2. The molecule has 2 heterocycles. The molecule has 0 aromatic carbocycles. The lowest BCUT2D eigenvalue weighted by molar-refractivity contribution is 0.250. The summed E-state index contributed by atoms with van der Waals surface area (Å²) in [5.41, 5.74) is 0. The minimum absolute atomic E-state index is 0.105. The molecule has 1 aliphatic heterocycles. The third-order valence-electron chi connectivity index (χ3n) is 3.45. The molecular formula is C13H24N4O2. The Kier molecular flexibility index (Phi) is 5.15. The highest BCUT2D eigenvalue weighted by atomic mass is 16.4. The summed E-state index contributed by atoms with van der Waals surface area (Å²) in [6, 6.07) is 1.04. The third-order valence-corrected chi connectivity index (χ3v) is 3.45. The van der Waals surface area contributed by atoms with Gasteiger partial charge in [0.15, 0.2) is 0 Å². The van der Waals surface area contributed by atoms with Crippen LogP contribution < -0.4 is 10.2 Å². The van der Waals surface area contributed by atoms with Crippen LogP contribution >= 0.6 is 0 Å². The second-order valence-corrected chi connectivity index (χ2v) is 5.39. The van der Waals surface area contributed by atoms with Crippen molar-refractivity contribution in [1.29, 1.82) is 0 Å². The quantitative estimate of drug-likeness (QED) is 0.838. The van der Waals surface area contributed by atoms with Gasteiger partial charge < -0.3 is 19.7 Å². The summed E-state index contributed by atoms with van der Waals surface area (Å²) >= 11 is 0. The van der Waals surface area contributed by atoms with Gasteiger partial charge in [0.1, 0.15) is 0 Å². The molecule has 1 fully saturated rings. The van der Waals surface area contributed by atoms with Crippen LogP contribution in [0.1, 0.15) is 45.4 Å². The lowest BCUT2D eigenvalue weighted by Crippen LogP contribution is -2.37. The molecule has 0 saturated carbocycles. The molecule has 1 aliphatic rings. The van der Waals surface area contributed by atoms with Crippen molar-refractivity contribution >= 4 is 6.01 Å². The van der Waals surface area contributed by atoms with E-state index in [1.807, 2.05) is 0 Å². The zero-order valence-corrected chi connectivity index (χ0v) is 11.8. The van der Waals surface area contributed by atoms with E-state index in [1.54, 1.807) is 0 Å². The first-order valence-electron chi connectivity index (χ1n) is 7.14.